The molecule has 0 aromatic heterocycles. The predicted molar refractivity (Wildman–Crippen MR) is 92.0 cm³/mol. The molecule has 2 aromatic carbocycles. The molecule has 0 bridgehead atoms. The number of carbonyl (C=O) groups excluding carboxylic acids is 3. The highest BCUT2D eigenvalue weighted by atomic mass is 35.5. The Labute approximate surface area is 153 Å². The molecule has 1 aliphatic heterocycles. The Balaban J connectivity index is 1.93. The molecule has 4 rings (SSSR count). The molecule has 0 N–H and O–H groups in total. The third-order valence-electron chi connectivity index (χ3n) is 4.38. The molecule has 1 atom stereocenters. The molecular weight excluding hydrogens is 363 g/mol. The monoisotopic (exact) mass is 372 g/mol. The standard InChI is InChI=1S/C19H10Cl2O4/c20-9-5-6-10(14(21)7-9)13-8-15(22)25-19-16(13)17(23)11-3-1-2-4-12(11)18(19)24/h1-7,13H,8H2/t13-/m0/s1. The highest BCUT2D eigenvalue weighted by Gasteiger charge is 2.43. The summed E-state index contributed by atoms with van der Waals surface area (Å²) < 4.78 is 5.15. The van der Waals surface area contributed by atoms with Gasteiger partial charge in [-0.1, -0.05) is 53.5 Å². The Morgan fingerprint density at radius 3 is 2.28 bits per heavy atom. The van der Waals surface area contributed by atoms with Gasteiger partial charge in [0.25, 0.3) is 0 Å². The fourth-order valence-electron chi connectivity index (χ4n) is 3.26. The van der Waals surface area contributed by atoms with Crippen LogP contribution in [0.2, 0.25) is 10.0 Å². The maximum Gasteiger partial charge on any atom is 0.312 e. The summed E-state index contributed by atoms with van der Waals surface area (Å²) in [5.41, 5.74) is 1.28. The minimum absolute atomic E-state index is 0.0681. The minimum Gasteiger partial charge on any atom is -0.422 e. The molecule has 124 valence electrons. The van der Waals surface area contributed by atoms with E-state index in [1.54, 1.807) is 42.5 Å². The lowest BCUT2D eigenvalue weighted by Gasteiger charge is -2.30. The van der Waals surface area contributed by atoms with Gasteiger partial charge in [0.05, 0.1) is 12.0 Å². The zero-order chi connectivity index (χ0) is 17.7. The third kappa shape index (κ3) is 2.49. The zero-order valence-corrected chi connectivity index (χ0v) is 14.2. The van der Waals surface area contributed by atoms with Gasteiger partial charge < -0.3 is 4.74 Å². The van der Waals surface area contributed by atoms with Crippen LogP contribution in [0.25, 0.3) is 0 Å². The van der Waals surface area contributed by atoms with Crippen LogP contribution in [0.3, 0.4) is 0 Å². The Hall–Kier alpha value is -2.43. The lowest BCUT2D eigenvalue weighted by atomic mass is 9.77. The van der Waals surface area contributed by atoms with Gasteiger partial charge in [-0.2, -0.15) is 0 Å². The number of carbonyl (C=O) groups is 3. The molecule has 25 heavy (non-hydrogen) atoms. The Morgan fingerprint density at radius 1 is 0.920 bits per heavy atom. The molecule has 6 heteroatoms. The summed E-state index contributed by atoms with van der Waals surface area (Å²) >= 11 is 12.2. The number of hydrogen-bond donors (Lipinski definition) is 0. The normalized spacial score (nSPS) is 19.4. The van der Waals surface area contributed by atoms with E-state index < -0.39 is 17.7 Å². The highest BCUT2D eigenvalue weighted by Crippen LogP contribution is 2.43. The van der Waals surface area contributed by atoms with Crippen LogP contribution in [0.5, 0.6) is 0 Å². The molecule has 0 saturated heterocycles. The molecule has 0 fully saturated rings. The van der Waals surface area contributed by atoms with E-state index in [-0.39, 0.29) is 29.1 Å². The van der Waals surface area contributed by atoms with Gasteiger partial charge in [-0.05, 0) is 17.7 Å². The first-order valence-electron chi connectivity index (χ1n) is 7.55. The number of esters is 1. The fourth-order valence-corrected chi connectivity index (χ4v) is 3.80. The molecule has 0 unspecified atom stereocenters. The van der Waals surface area contributed by atoms with E-state index in [1.165, 1.54) is 0 Å². The van der Waals surface area contributed by atoms with Crippen molar-refractivity contribution < 1.29 is 19.1 Å². The van der Waals surface area contributed by atoms with Crippen molar-refractivity contribution in [3.8, 4) is 0 Å². The van der Waals surface area contributed by atoms with Gasteiger partial charge in [0, 0.05) is 27.1 Å². The van der Waals surface area contributed by atoms with Crippen molar-refractivity contribution >= 4 is 40.7 Å². The topological polar surface area (TPSA) is 60.4 Å². The summed E-state index contributed by atoms with van der Waals surface area (Å²) in [6.07, 6.45) is -0.0681. The molecule has 0 saturated carbocycles. The second-order valence-electron chi connectivity index (χ2n) is 5.84. The minimum atomic E-state index is -0.647. The molecule has 0 spiro atoms. The van der Waals surface area contributed by atoms with E-state index in [0.29, 0.717) is 21.2 Å². The van der Waals surface area contributed by atoms with Crippen molar-refractivity contribution in [3.05, 3.63) is 80.5 Å². The summed E-state index contributed by atoms with van der Waals surface area (Å²) in [7, 11) is 0. The van der Waals surface area contributed by atoms with E-state index in [9.17, 15) is 14.4 Å². The Morgan fingerprint density at radius 2 is 1.60 bits per heavy atom. The largest absolute Gasteiger partial charge is 0.422 e. The average Bonchev–Trinajstić information content (AvgIpc) is 2.59. The van der Waals surface area contributed by atoms with Crippen molar-refractivity contribution in [2.24, 2.45) is 0 Å². The summed E-state index contributed by atoms with van der Waals surface area (Å²) in [6, 6.07) is 11.3. The quantitative estimate of drug-likeness (QED) is 0.697. The number of rotatable bonds is 1. The van der Waals surface area contributed by atoms with E-state index >= 15 is 0 Å². The van der Waals surface area contributed by atoms with Crippen molar-refractivity contribution in [2.75, 3.05) is 0 Å². The van der Waals surface area contributed by atoms with E-state index in [1.807, 2.05) is 0 Å². The molecule has 4 nitrogen and oxygen atoms in total. The number of benzene rings is 2. The van der Waals surface area contributed by atoms with Gasteiger partial charge in [-0.25, -0.2) is 0 Å². The third-order valence-corrected chi connectivity index (χ3v) is 4.95. The number of fused-ring (bicyclic) bond motifs is 1. The summed E-state index contributed by atoms with van der Waals surface area (Å²) in [5.74, 6) is -2.21. The van der Waals surface area contributed by atoms with Crippen molar-refractivity contribution in [2.45, 2.75) is 12.3 Å². The van der Waals surface area contributed by atoms with Crippen LogP contribution in [-0.2, 0) is 9.53 Å². The predicted octanol–water partition coefficient (Wildman–Crippen LogP) is 4.36. The van der Waals surface area contributed by atoms with Crippen LogP contribution in [-0.4, -0.2) is 17.5 Å². The fraction of sp³-hybridized carbons (Fsp3) is 0.105. The first kappa shape index (κ1) is 16.1. The molecular formula is C19H10Cl2O4. The second kappa shape index (κ2) is 5.83. The highest BCUT2D eigenvalue weighted by molar-refractivity contribution is 6.35. The zero-order valence-electron chi connectivity index (χ0n) is 12.7. The Kier molecular flexibility index (Phi) is 3.74. The van der Waals surface area contributed by atoms with Crippen LogP contribution in [0.15, 0.2) is 53.8 Å². The number of ether oxygens (including phenoxy) is 1. The molecule has 0 radical (unpaired) electrons. The Bertz CT molecular complexity index is 991. The van der Waals surface area contributed by atoms with Gasteiger partial charge in [0.1, 0.15) is 0 Å². The maximum absolute atomic E-state index is 13.0. The van der Waals surface area contributed by atoms with Gasteiger partial charge in [0.15, 0.2) is 11.5 Å². The average molecular weight is 373 g/mol. The van der Waals surface area contributed by atoms with Crippen molar-refractivity contribution in [3.63, 3.8) is 0 Å². The summed E-state index contributed by atoms with van der Waals surface area (Å²) in [4.78, 5) is 37.8. The molecule has 1 heterocycles. The lowest BCUT2D eigenvalue weighted by molar-refractivity contribution is -0.140. The molecule has 1 aliphatic carbocycles. The smallest absolute Gasteiger partial charge is 0.312 e. The van der Waals surface area contributed by atoms with E-state index in [4.69, 9.17) is 27.9 Å². The van der Waals surface area contributed by atoms with Gasteiger partial charge in [-0.3, -0.25) is 14.4 Å². The van der Waals surface area contributed by atoms with Gasteiger partial charge in [-0.15, -0.1) is 0 Å². The number of Topliss-reactive ketones (excluding diaryl/α,β-unsaturated/α-hetero) is 2. The number of halogens is 2. The first-order chi connectivity index (χ1) is 12.0. The van der Waals surface area contributed by atoms with Crippen LogP contribution in [0.4, 0.5) is 0 Å². The van der Waals surface area contributed by atoms with Crippen LogP contribution < -0.4 is 0 Å². The molecule has 0 amide bonds. The molecule has 2 aliphatic rings. The lowest BCUT2D eigenvalue weighted by Crippen LogP contribution is -2.33. The molecule has 2 aromatic rings. The van der Waals surface area contributed by atoms with E-state index in [2.05, 4.69) is 0 Å². The van der Waals surface area contributed by atoms with E-state index in [0.717, 1.165) is 0 Å². The van der Waals surface area contributed by atoms with Crippen LogP contribution in [0.1, 0.15) is 38.6 Å². The number of hydrogen-bond acceptors (Lipinski definition) is 4. The SMILES string of the molecule is O=C1C[C@@H](c2ccc(Cl)cc2Cl)C2=C(O1)C(=O)c1ccccc1C2=O. The van der Waals surface area contributed by atoms with Crippen molar-refractivity contribution in [1.29, 1.82) is 0 Å². The maximum atomic E-state index is 13.0. The first-order valence-corrected chi connectivity index (χ1v) is 8.31. The summed E-state index contributed by atoms with van der Waals surface area (Å²) in [5, 5.41) is 0.774. The van der Waals surface area contributed by atoms with Crippen molar-refractivity contribution in [1.82, 2.24) is 0 Å². The van der Waals surface area contributed by atoms with Crippen LogP contribution in [0, 0.1) is 0 Å². The van der Waals surface area contributed by atoms with Gasteiger partial charge >= 0.3 is 5.97 Å². The number of allylic oxidation sites excluding steroid dienone is 2. The van der Waals surface area contributed by atoms with Crippen LogP contribution >= 0.6 is 23.2 Å². The number of ketones is 2. The van der Waals surface area contributed by atoms with Gasteiger partial charge in [0.2, 0.25) is 5.78 Å². The second-order valence-corrected chi connectivity index (χ2v) is 6.69. The summed E-state index contributed by atoms with van der Waals surface area (Å²) in [6.45, 7) is 0.